The van der Waals surface area contributed by atoms with Gasteiger partial charge in [-0.1, -0.05) is 25.5 Å². The van der Waals surface area contributed by atoms with Crippen molar-refractivity contribution in [3.63, 3.8) is 0 Å². The Balaban J connectivity index is 2.87. The first-order chi connectivity index (χ1) is 9.19. The van der Waals surface area contributed by atoms with Crippen molar-refractivity contribution in [3.8, 4) is 5.75 Å². The molecule has 0 unspecified atom stereocenters. The molecular formula is C16H25NO3. The lowest BCUT2D eigenvalue weighted by Crippen LogP contribution is -2.30. The summed E-state index contributed by atoms with van der Waals surface area (Å²) in [6.07, 6.45) is 0. The number of aryl methyl sites for hydroxylation is 1. The van der Waals surface area contributed by atoms with Gasteiger partial charge in [0.1, 0.15) is 12.4 Å². The maximum Gasteiger partial charge on any atom is 0.255 e. The second-order valence-corrected chi connectivity index (χ2v) is 6.20. The van der Waals surface area contributed by atoms with Crippen LogP contribution in [0.15, 0.2) is 18.2 Å². The molecule has 0 bridgehead atoms. The smallest absolute Gasteiger partial charge is 0.255 e. The highest BCUT2D eigenvalue weighted by molar-refractivity contribution is 5.97. The molecule has 4 heteroatoms. The Kier molecular flexibility index (Phi) is 5.57. The van der Waals surface area contributed by atoms with Crippen LogP contribution in [0, 0.1) is 12.8 Å². The van der Waals surface area contributed by atoms with Crippen LogP contribution in [-0.2, 0) is 0 Å². The van der Waals surface area contributed by atoms with Gasteiger partial charge in [-0.3, -0.25) is 4.79 Å². The molecule has 0 atom stereocenters. The highest BCUT2D eigenvalue weighted by Crippen LogP contribution is 2.21. The summed E-state index contributed by atoms with van der Waals surface area (Å²) in [5, 5.41) is 12.6. The van der Waals surface area contributed by atoms with E-state index < -0.39 is 5.60 Å². The van der Waals surface area contributed by atoms with E-state index >= 15 is 0 Å². The van der Waals surface area contributed by atoms with E-state index in [-0.39, 0.29) is 12.5 Å². The number of hydrogen-bond acceptors (Lipinski definition) is 3. The zero-order chi connectivity index (χ0) is 15.3. The van der Waals surface area contributed by atoms with E-state index in [1.807, 2.05) is 26.8 Å². The van der Waals surface area contributed by atoms with Crippen molar-refractivity contribution in [1.82, 2.24) is 5.32 Å². The fraction of sp³-hybridized carbons (Fsp3) is 0.562. The highest BCUT2D eigenvalue weighted by Gasteiger charge is 2.17. The molecule has 0 aliphatic carbocycles. The van der Waals surface area contributed by atoms with Crippen LogP contribution in [0.1, 0.15) is 43.6 Å². The molecule has 0 aromatic heterocycles. The topological polar surface area (TPSA) is 58.6 Å². The van der Waals surface area contributed by atoms with Crippen molar-refractivity contribution in [1.29, 1.82) is 0 Å². The number of ether oxygens (including phenoxy) is 1. The van der Waals surface area contributed by atoms with Gasteiger partial charge in [0.15, 0.2) is 0 Å². The fourth-order valence-corrected chi connectivity index (χ4v) is 1.59. The van der Waals surface area contributed by atoms with Gasteiger partial charge in [-0.2, -0.15) is 0 Å². The molecule has 0 spiro atoms. The van der Waals surface area contributed by atoms with Crippen molar-refractivity contribution in [2.75, 3.05) is 13.2 Å². The van der Waals surface area contributed by atoms with Crippen LogP contribution in [0.5, 0.6) is 5.75 Å². The maximum atomic E-state index is 12.2. The molecule has 2 N–H and O–H groups in total. The van der Waals surface area contributed by atoms with Crippen LogP contribution in [0.4, 0.5) is 0 Å². The predicted molar refractivity (Wildman–Crippen MR) is 80.1 cm³/mol. The molecule has 0 fully saturated rings. The number of carbonyl (C=O) groups excluding carboxylic acids is 1. The SMILES string of the molecule is Cc1ccc(OCC(C)(C)O)c(C(=O)NCC(C)C)c1. The largest absolute Gasteiger partial charge is 0.490 e. The Hall–Kier alpha value is -1.55. The number of aliphatic hydroxyl groups is 1. The molecule has 0 aliphatic rings. The van der Waals surface area contributed by atoms with Crippen molar-refractivity contribution >= 4 is 5.91 Å². The van der Waals surface area contributed by atoms with Crippen molar-refractivity contribution in [3.05, 3.63) is 29.3 Å². The first-order valence-corrected chi connectivity index (χ1v) is 6.93. The third-order valence-corrected chi connectivity index (χ3v) is 2.63. The van der Waals surface area contributed by atoms with Gasteiger partial charge in [0.2, 0.25) is 0 Å². The number of amides is 1. The standard InChI is InChI=1S/C16H25NO3/c1-11(2)9-17-15(18)13-8-12(3)6-7-14(13)20-10-16(4,5)19/h6-8,11,19H,9-10H2,1-5H3,(H,17,18). The summed E-state index contributed by atoms with van der Waals surface area (Å²) in [5.41, 5.74) is 0.571. The summed E-state index contributed by atoms with van der Waals surface area (Å²) >= 11 is 0. The summed E-state index contributed by atoms with van der Waals surface area (Å²) in [5.74, 6) is 0.747. The Morgan fingerprint density at radius 1 is 1.40 bits per heavy atom. The van der Waals surface area contributed by atoms with E-state index in [1.54, 1.807) is 26.0 Å². The zero-order valence-corrected chi connectivity index (χ0v) is 13.0. The summed E-state index contributed by atoms with van der Waals surface area (Å²) < 4.78 is 5.57. The monoisotopic (exact) mass is 279 g/mol. The highest BCUT2D eigenvalue weighted by atomic mass is 16.5. The van der Waals surface area contributed by atoms with Gasteiger partial charge in [0.05, 0.1) is 11.2 Å². The van der Waals surface area contributed by atoms with Gasteiger partial charge in [0.25, 0.3) is 5.91 Å². The number of hydrogen-bond donors (Lipinski definition) is 2. The first-order valence-electron chi connectivity index (χ1n) is 6.93. The average molecular weight is 279 g/mol. The zero-order valence-electron chi connectivity index (χ0n) is 13.0. The van der Waals surface area contributed by atoms with E-state index in [1.165, 1.54) is 0 Å². The molecule has 112 valence electrons. The Labute approximate surface area is 121 Å². The summed E-state index contributed by atoms with van der Waals surface area (Å²) in [6.45, 7) is 10.1. The Bertz CT molecular complexity index is 461. The van der Waals surface area contributed by atoms with E-state index in [2.05, 4.69) is 5.32 Å². The molecule has 20 heavy (non-hydrogen) atoms. The first kappa shape index (κ1) is 16.5. The van der Waals surface area contributed by atoms with Crippen LogP contribution in [0.25, 0.3) is 0 Å². The van der Waals surface area contributed by atoms with Crippen LogP contribution < -0.4 is 10.1 Å². The minimum Gasteiger partial charge on any atom is -0.490 e. The second kappa shape index (κ2) is 6.75. The maximum absolute atomic E-state index is 12.2. The van der Waals surface area contributed by atoms with Gasteiger partial charge in [-0.05, 0) is 38.8 Å². The minimum atomic E-state index is -0.934. The number of nitrogens with one attached hydrogen (secondary N) is 1. The molecule has 0 saturated carbocycles. The lowest BCUT2D eigenvalue weighted by atomic mass is 10.1. The molecule has 1 aromatic carbocycles. The van der Waals surface area contributed by atoms with E-state index in [9.17, 15) is 9.90 Å². The van der Waals surface area contributed by atoms with Crippen LogP contribution in [0.2, 0.25) is 0 Å². The second-order valence-electron chi connectivity index (χ2n) is 6.20. The summed E-state index contributed by atoms with van der Waals surface area (Å²) in [6, 6.07) is 5.46. The molecule has 1 rings (SSSR count). The summed E-state index contributed by atoms with van der Waals surface area (Å²) in [4.78, 5) is 12.2. The number of rotatable bonds is 6. The molecule has 4 nitrogen and oxygen atoms in total. The molecular weight excluding hydrogens is 254 g/mol. The third-order valence-electron chi connectivity index (χ3n) is 2.63. The van der Waals surface area contributed by atoms with Gasteiger partial charge in [-0.25, -0.2) is 0 Å². The molecule has 0 saturated heterocycles. The minimum absolute atomic E-state index is 0.139. The Morgan fingerprint density at radius 3 is 2.60 bits per heavy atom. The van der Waals surface area contributed by atoms with Gasteiger partial charge < -0.3 is 15.2 Å². The Morgan fingerprint density at radius 2 is 2.05 bits per heavy atom. The third kappa shape index (κ3) is 5.61. The van der Waals surface area contributed by atoms with Crippen molar-refractivity contribution < 1.29 is 14.6 Å². The summed E-state index contributed by atoms with van der Waals surface area (Å²) in [7, 11) is 0. The van der Waals surface area contributed by atoms with Crippen LogP contribution >= 0.6 is 0 Å². The van der Waals surface area contributed by atoms with Crippen molar-refractivity contribution in [2.24, 2.45) is 5.92 Å². The van der Waals surface area contributed by atoms with Crippen molar-refractivity contribution in [2.45, 2.75) is 40.2 Å². The molecule has 1 aromatic rings. The molecule has 0 heterocycles. The average Bonchev–Trinajstić information content (AvgIpc) is 2.33. The molecule has 1 amide bonds. The molecule has 0 radical (unpaired) electrons. The predicted octanol–water partition coefficient (Wildman–Crippen LogP) is 2.53. The van der Waals surface area contributed by atoms with Crippen LogP contribution in [0.3, 0.4) is 0 Å². The number of carbonyl (C=O) groups is 1. The fourth-order valence-electron chi connectivity index (χ4n) is 1.59. The molecule has 0 aliphatic heterocycles. The van der Waals surface area contributed by atoms with Gasteiger partial charge in [-0.15, -0.1) is 0 Å². The lowest BCUT2D eigenvalue weighted by Gasteiger charge is -2.19. The lowest BCUT2D eigenvalue weighted by molar-refractivity contribution is 0.0280. The van der Waals surface area contributed by atoms with E-state index in [0.717, 1.165) is 5.56 Å². The quantitative estimate of drug-likeness (QED) is 0.841. The van der Waals surface area contributed by atoms with E-state index in [0.29, 0.717) is 23.8 Å². The van der Waals surface area contributed by atoms with Gasteiger partial charge >= 0.3 is 0 Å². The number of benzene rings is 1. The van der Waals surface area contributed by atoms with Gasteiger partial charge in [0, 0.05) is 6.54 Å². The van der Waals surface area contributed by atoms with E-state index in [4.69, 9.17) is 4.74 Å². The normalized spacial score (nSPS) is 11.6. The van der Waals surface area contributed by atoms with Crippen LogP contribution in [-0.4, -0.2) is 29.8 Å².